The highest BCUT2D eigenvalue weighted by Gasteiger charge is 2.35. The van der Waals surface area contributed by atoms with Gasteiger partial charge in [0.2, 0.25) is 5.91 Å². The molecule has 1 fully saturated rings. The summed E-state index contributed by atoms with van der Waals surface area (Å²) in [4.78, 5) is 14.8. The highest BCUT2D eigenvalue weighted by Crippen LogP contribution is 2.27. The maximum absolute atomic E-state index is 13.1. The summed E-state index contributed by atoms with van der Waals surface area (Å²) in [7, 11) is -3.05. The number of hydrogen-bond acceptors (Lipinski definition) is 6. The molecule has 2 heterocycles. The van der Waals surface area contributed by atoms with Crippen LogP contribution in [0, 0.1) is 0 Å². The van der Waals surface area contributed by atoms with Crippen LogP contribution in [0.2, 0.25) is 0 Å². The highest BCUT2D eigenvalue weighted by molar-refractivity contribution is 8.00. The zero-order chi connectivity index (χ0) is 21.7. The molecule has 1 amide bonds. The molecule has 0 radical (unpaired) electrons. The maximum Gasteiger partial charge on any atom is 0.236 e. The van der Waals surface area contributed by atoms with E-state index in [0.717, 1.165) is 11.4 Å². The van der Waals surface area contributed by atoms with Crippen molar-refractivity contribution >= 4 is 27.5 Å². The molecule has 0 bridgehead atoms. The lowest BCUT2D eigenvalue weighted by molar-refractivity contribution is -0.131. The van der Waals surface area contributed by atoms with Crippen molar-refractivity contribution in [3.8, 4) is 0 Å². The third kappa shape index (κ3) is 5.31. The van der Waals surface area contributed by atoms with E-state index in [2.05, 4.69) is 16.8 Å². The second-order valence-corrected chi connectivity index (χ2v) is 10.9. The van der Waals surface area contributed by atoms with Gasteiger partial charge in [0, 0.05) is 25.6 Å². The maximum atomic E-state index is 13.1. The third-order valence-corrected chi connectivity index (χ3v) is 8.03. The Bertz CT molecular complexity index is 989. The smallest absolute Gasteiger partial charge is 0.236 e. The zero-order valence-corrected chi connectivity index (χ0v) is 19.0. The van der Waals surface area contributed by atoms with Gasteiger partial charge in [-0.1, -0.05) is 48.2 Å². The van der Waals surface area contributed by atoms with Crippen LogP contribution >= 0.6 is 11.8 Å². The second kappa shape index (κ2) is 9.78. The van der Waals surface area contributed by atoms with E-state index in [0.29, 0.717) is 31.1 Å². The van der Waals surface area contributed by atoms with Crippen LogP contribution in [-0.2, 0) is 27.6 Å². The number of carbonyl (C=O) groups excluding carboxylic acids is 1. The van der Waals surface area contributed by atoms with Crippen molar-refractivity contribution in [3.63, 3.8) is 0 Å². The Hall–Kier alpha value is -2.13. The molecule has 7 nitrogen and oxygen atoms in total. The van der Waals surface area contributed by atoms with Crippen molar-refractivity contribution in [3.05, 3.63) is 54.4 Å². The molecule has 0 aliphatic carbocycles. The first-order chi connectivity index (χ1) is 14.3. The largest absolute Gasteiger partial charge is 0.338 e. The Balaban J connectivity index is 1.74. The van der Waals surface area contributed by atoms with Gasteiger partial charge in [-0.3, -0.25) is 4.79 Å². The van der Waals surface area contributed by atoms with Gasteiger partial charge in [0.05, 0.1) is 16.8 Å². The first-order valence-corrected chi connectivity index (χ1v) is 12.8. The predicted octanol–water partition coefficient (Wildman–Crippen LogP) is 2.57. The lowest BCUT2D eigenvalue weighted by Gasteiger charge is -2.29. The van der Waals surface area contributed by atoms with Gasteiger partial charge in [0.15, 0.2) is 15.0 Å². The van der Waals surface area contributed by atoms with Gasteiger partial charge in [-0.15, -0.1) is 16.8 Å². The van der Waals surface area contributed by atoms with Crippen molar-refractivity contribution in [2.45, 2.75) is 49.7 Å². The van der Waals surface area contributed by atoms with Gasteiger partial charge in [-0.05, 0) is 25.8 Å². The fraction of sp³-hybridized carbons (Fsp3) is 0.476. The fourth-order valence-electron chi connectivity index (χ4n) is 3.69. The number of sulfone groups is 1. The molecule has 3 rings (SSSR count). The van der Waals surface area contributed by atoms with Gasteiger partial charge < -0.3 is 9.47 Å². The summed E-state index contributed by atoms with van der Waals surface area (Å²) in [5.74, 6) is 0.956. The molecule has 1 aromatic heterocycles. The molecule has 1 aliphatic rings. The summed E-state index contributed by atoms with van der Waals surface area (Å²) in [5, 5.41) is 8.93. The van der Waals surface area contributed by atoms with Crippen LogP contribution in [0.3, 0.4) is 0 Å². The standard InChI is InChI=1S/C21H28N4O3S2/c1-4-12-25-19(14-17-9-7-6-8-10-17)22-23-21(25)29-16(3)20(26)24(5-2)18-11-13-30(27,28)15-18/h4,6-10,16,18H,1,5,11-15H2,2-3H3. The first-order valence-electron chi connectivity index (χ1n) is 10.1. The SMILES string of the molecule is C=CCn1c(Cc2ccccc2)nnc1SC(C)C(=O)N(CC)C1CCS(=O)(=O)C1. The van der Waals surface area contributed by atoms with Crippen molar-refractivity contribution in [2.75, 3.05) is 18.1 Å². The summed E-state index contributed by atoms with van der Waals surface area (Å²) in [6, 6.07) is 9.80. The Labute approximate surface area is 182 Å². The van der Waals surface area contributed by atoms with Crippen LogP contribution in [0.4, 0.5) is 0 Å². The lowest BCUT2D eigenvalue weighted by Crippen LogP contribution is -2.44. The van der Waals surface area contributed by atoms with Crippen LogP contribution < -0.4 is 0 Å². The van der Waals surface area contributed by atoms with Gasteiger partial charge >= 0.3 is 0 Å². The van der Waals surface area contributed by atoms with Crippen molar-refractivity contribution in [1.82, 2.24) is 19.7 Å². The van der Waals surface area contributed by atoms with Crippen LogP contribution in [0.5, 0.6) is 0 Å². The topological polar surface area (TPSA) is 85.2 Å². The highest BCUT2D eigenvalue weighted by atomic mass is 32.2. The zero-order valence-electron chi connectivity index (χ0n) is 17.4. The molecule has 0 saturated carbocycles. The van der Waals surface area contributed by atoms with E-state index in [4.69, 9.17) is 0 Å². The van der Waals surface area contributed by atoms with Crippen molar-refractivity contribution in [2.24, 2.45) is 0 Å². The monoisotopic (exact) mass is 448 g/mol. The minimum atomic E-state index is -3.05. The van der Waals surface area contributed by atoms with Crippen molar-refractivity contribution < 1.29 is 13.2 Å². The van der Waals surface area contributed by atoms with Gasteiger partial charge in [0.25, 0.3) is 0 Å². The molecular weight excluding hydrogens is 420 g/mol. The van der Waals surface area contributed by atoms with E-state index in [1.165, 1.54) is 11.8 Å². The lowest BCUT2D eigenvalue weighted by atomic mass is 10.1. The number of nitrogens with zero attached hydrogens (tertiary/aromatic N) is 4. The normalized spacial score (nSPS) is 18.8. The van der Waals surface area contributed by atoms with Gasteiger partial charge in [-0.25, -0.2) is 8.42 Å². The molecule has 0 spiro atoms. The fourth-order valence-corrected chi connectivity index (χ4v) is 6.36. The summed E-state index contributed by atoms with van der Waals surface area (Å²) in [6.45, 7) is 8.59. The number of benzene rings is 1. The molecule has 1 saturated heterocycles. The number of thioether (sulfide) groups is 1. The Kier molecular flexibility index (Phi) is 7.36. The molecule has 1 aromatic carbocycles. The quantitative estimate of drug-likeness (QED) is 0.433. The third-order valence-electron chi connectivity index (χ3n) is 5.21. The molecular formula is C21H28N4O3S2. The van der Waals surface area contributed by atoms with Crippen LogP contribution in [0.1, 0.15) is 31.7 Å². The Morgan fingerprint density at radius 3 is 2.70 bits per heavy atom. The first kappa shape index (κ1) is 22.6. The number of hydrogen-bond donors (Lipinski definition) is 0. The molecule has 9 heteroatoms. The summed E-state index contributed by atoms with van der Waals surface area (Å²) in [5.41, 5.74) is 1.13. The number of allylic oxidation sites excluding steroid dienone is 1. The average Bonchev–Trinajstić information content (AvgIpc) is 3.26. The molecule has 30 heavy (non-hydrogen) atoms. The molecule has 0 N–H and O–H groups in total. The molecule has 1 aliphatic heterocycles. The van der Waals surface area contributed by atoms with Crippen LogP contribution in [0.15, 0.2) is 48.1 Å². The van der Waals surface area contributed by atoms with E-state index >= 15 is 0 Å². The van der Waals surface area contributed by atoms with Crippen molar-refractivity contribution in [1.29, 1.82) is 0 Å². The summed E-state index contributed by atoms with van der Waals surface area (Å²) >= 11 is 1.35. The average molecular weight is 449 g/mol. The Morgan fingerprint density at radius 1 is 1.37 bits per heavy atom. The molecule has 2 atom stereocenters. The number of aromatic nitrogens is 3. The Morgan fingerprint density at radius 2 is 2.10 bits per heavy atom. The molecule has 2 unspecified atom stereocenters. The van der Waals surface area contributed by atoms with E-state index in [1.54, 1.807) is 11.0 Å². The molecule has 2 aromatic rings. The van der Waals surface area contributed by atoms with E-state index < -0.39 is 15.1 Å². The number of rotatable bonds is 9. The minimum absolute atomic E-state index is 0.0534. The van der Waals surface area contributed by atoms with Crippen LogP contribution in [0.25, 0.3) is 0 Å². The van der Waals surface area contributed by atoms with E-state index in [1.807, 2.05) is 48.7 Å². The number of carbonyl (C=O) groups is 1. The van der Waals surface area contributed by atoms with Gasteiger partial charge in [0.1, 0.15) is 5.82 Å². The predicted molar refractivity (Wildman–Crippen MR) is 119 cm³/mol. The summed E-state index contributed by atoms with van der Waals surface area (Å²) < 4.78 is 25.7. The molecule has 162 valence electrons. The number of amides is 1. The minimum Gasteiger partial charge on any atom is -0.338 e. The summed E-state index contributed by atoms with van der Waals surface area (Å²) in [6.07, 6.45) is 2.94. The van der Waals surface area contributed by atoms with E-state index in [-0.39, 0.29) is 23.5 Å². The van der Waals surface area contributed by atoms with Crippen LogP contribution in [-0.4, -0.2) is 63.3 Å². The van der Waals surface area contributed by atoms with Gasteiger partial charge in [-0.2, -0.15) is 0 Å². The van der Waals surface area contributed by atoms with E-state index in [9.17, 15) is 13.2 Å². The second-order valence-electron chi connectivity index (χ2n) is 7.40.